The van der Waals surface area contributed by atoms with Crippen LogP contribution >= 0.6 is 0 Å². The summed E-state index contributed by atoms with van der Waals surface area (Å²) in [7, 11) is 0. The second-order valence-electron chi connectivity index (χ2n) is 5.75. The SMILES string of the molecule is c1cc2cc3c(nc2[nH]1)CC1CCCCCC1N3. The maximum absolute atomic E-state index is 4.78. The minimum absolute atomic E-state index is 0.679. The number of nitrogens with zero attached hydrogens (tertiary/aromatic N) is 1. The van der Waals surface area contributed by atoms with E-state index >= 15 is 0 Å². The number of hydrogen-bond acceptors (Lipinski definition) is 2. The number of nitrogens with one attached hydrogen (secondary N) is 2. The molecule has 1 saturated carbocycles. The van der Waals surface area contributed by atoms with Crippen molar-refractivity contribution in [2.24, 2.45) is 5.92 Å². The Balaban J connectivity index is 1.75. The molecule has 1 fully saturated rings. The number of pyridine rings is 1. The molecule has 2 unspecified atom stereocenters. The lowest BCUT2D eigenvalue weighted by molar-refractivity contribution is 0.401. The predicted molar refractivity (Wildman–Crippen MR) is 73.8 cm³/mol. The van der Waals surface area contributed by atoms with E-state index in [1.54, 1.807) is 0 Å². The molecule has 3 nitrogen and oxygen atoms in total. The molecule has 4 rings (SSSR count). The van der Waals surface area contributed by atoms with E-state index in [9.17, 15) is 0 Å². The number of hydrogen-bond donors (Lipinski definition) is 2. The third-order valence-corrected chi connectivity index (χ3v) is 4.57. The lowest BCUT2D eigenvalue weighted by atomic mass is 9.86. The van der Waals surface area contributed by atoms with Crippen LogP contribution < -0.4 is 5.32 Å². The van der Waals surface area contributed by atoms with Gasteiger partial charge in [-0.25, -0.2) is 4.98 Å². The van der Waals surface area contributed by atoms with Crippen LogP contribution in [0.5, 0.6) is 0 Å². The van der Waals surface area contributed by atoms with Gasteiger partial charge in [-0.3, -0.25) is 0 Å². The van der Waals surface area contributed by atoms with Crippen molar-refractivity contribution in [1.82, 2.24) is 9.97 Å². The zero-order valence-electron chi connectivity index (χ0n) is 10.6. The van der Waals surface area contributed by atoms with Crippen molar-refractivity contribution in [2.45, 2.75) is 44.6 Å². The molecular weight excluding hydrogens is 222 g/mol. The largest absolute Gasteiger partial charge is 0.381 e. The average molecular weight is 241 g/mol. The Morgan fingerprint density at radius 2 is 2.11 bits per heavy atom. The smallest absolute Gasteiger partial charge is 0.137 e. The molecular formula is C15H19N3. The van der Waals surface area contributed by atoms with Gasteiger partial charge in [-0.1, -0.05) is 19.3 Å². The normalized spacial score (nSPS) is 27.1. The summed E-state index contributed by atoms with van der Waals surface area (Å²) in [6.45, 7) is 0. The molecule has 2 atom stereocenters. The summed E-state index contributed by atoms with van der Waals surface area (Å²) in [6, 6.07) is 5.04. The van der Waals surface area contributed by atoms with Gasteiger partial charge in [0.25, 0.3) is 0 Å². The van der Waals surface area contributed by atoms with Crippen LogP contribution in [0.3, 0.4) is 0 Å². The Morgan fingerprint density at radius 3 is 3.11 bits per heavy atom. The van der Waals surface area contributed by atoms with Crippen molar-refractivity contribution < 1.29 is 0 Å². The highest BCUT2D eigenvalue weighted by Crippen LogP contribution is 2.35. The lowest BCUT2D eigenvalue weighted by Gasteiger charge is -2.33. The van der Waals surface area contributed by atoms with Crippen molar-refractivity contribution >= 4 is 16.7 Å². The Labute approximate surface area is 107 Å². The molecule has 3 heteroatoms. The first-order valence-electron chi connectivity index (χ1n) is 7.14. The fourth-order valence-electron chi connectivity index (χ4n) is 3.57. The molecule has 1 aliphatic heterocycles. The van der Waals surface area contributed by atoms with Gasteiger partial charge in [0.2, 0.25) is 0 Å². The van der Waals surface area contributed by atoms with Crippen molar-refractivity contribution in [3.05, 3.63) is 24.0 Å². The Morgan fingerprint density at radius 1 is 1.17 bits per heavy atom. The molecule has 1 aliphatic carbocycles. The number of rotatable bonds is 0. The van der Waals surface area contributed by atoms with Crippen LogP contribution in [0.25, 0.3) is 11.0 Å². The van der Waals surface area contributed by atoms with E-state index in [0.29, 0.717) is 6.04 Å². The van der Waals surface area contributed by atoms with Crippen molar-refractivity contribution in [1.29, 1.82) is 0 Å². The fourth-order valence-corrected chi connectivity index (χ4v) is 3.57. The standard InChI is InChI=1S/C15H19N3/c1-2-4-10-8-14-13(17-12(10)5-3-1)9-11-6-7-16-15(11)18-14/h6-7,9-10,12,17H,1-5,8H2,(H,16,18). The quantitative estimate of drug-likeness (QED) is 0.741. The molecule has 0 bridgehead atoms. The molecule has 0 spiro atoms. The van der Waals surface area contributed by atoms with Gasteiger partial charge in [-0.15, -0.1) is 0 Å². The zero-order valence-corrected chi connectivity index (χ0v) is 10.6. The maximum atomic E-state index is 4.78. The summed E-state index contributed by atoms with van der Waals surface area (Å²) >= 11 is 0. The van der Waals surface area contributed by atoms with Gasteiger partial charge < -0.3 is 10.3 Å². The van der Waals surface area contributed by atoms with Gasteiger partial charge in [0, 0.05) is 17.6 Å². The molecule has 0 amide bonds. The summed E-state index contributed by atoms with van der Waals surface area (Å²) in [4.78, 5) is 7.99. The molecule has 94 valence electrons. The van der Waals surface area contributed by atoms with Crippen LogP contribution in [0.4, 0.5) is 5.69 Å². The van der Waals surface area contributed by atoms with E-state index in [4.69, 9.17) is 4.98 Å². The molecule has 2 N–H and O–H groups in total. The van der Waals surface area contributed by atoms with Crippen molar-refractivity contribution in [3.8, 4) is 0 Å². The summed E-state index contributed by atoms with van der Waals surface area (Å²) in [5.74, 6) is 0.792. The van der Waals surface area contributed by atoms with Crippen molar-refractivity contribution in [3.63, 3.8) is 0 Å². The fraction of sp³-hybridized carbons (Fsp3) is 0.533. The third kappa shape index (κ3) is 1.61. The Kier molecular flexibility index (Phi) is 2.32. The lowest BCUT2D eigenvalue weighted by Crippen LogP contribution is -2.34. The number of fused-ring (bicyclic) bond motifs is 3. The van der Waals surface area contributed by atoms with Crippen LogP contribution in [0.2, 0.25) is 0 Å². The molecule has 18 heavy (non-hydrogen) atoms. The first-order valence-corrected chi connectivity index (χ1v) is 7.14. The van der Waals surface area contributed by atoms with E-state index < -0.39 is 0 Å². The maximum Gasteiger partial charge on any atom is 0.137 e. The highest BCUT2D eigenvalue weighted by atomic mass is 15.0. The zero-order chi connectivity index (χ0) is 11.9. The van der Waals surface area contributed by atoms with E-state index in [1.807, 2.05) is 6.20 Å². The number of anilines is 1. The van der Waals surface area contributed by atoms with E-state index in [1.165, 1.54) is 48.9 Å². The molecule has 2 aliphatic rings. The number of H-pyrrole nitrogens is 1. The van der Waals surface area contributed by atoms with Crippen molar-refractivity contribution in [2.75, 3.05) is 5.32 Å². The monoisotopic (exact) mass is 241 g/mol. The minimum Gasteiger partial charge on any atom is -0.381 e. The van der Waals surface area contributed by atoms with Crippen LogP contribution in [0.15, 0.2) is 18.3 Å². The first kappa shape index (κ1) is 10.4. The summed E-state index contributed by atoms with van der Waals surface area (Å²) in [5, 5.41) is 4.96. The molecule has 0 radical (unpaired) electrons. The summed E-state index contributed by atoms with van der Waals surface area (Å²) in [5.41, 5.74) is 3.56. The Hall–Kier alpha value is -1.51. The second kappa shape index (κ2) is 4.01. The van der Waals surface area contributed by atoms with Gasteiger partial charge in [-0.05, 0) is 37.3 Å². The number of aromatic amines is 1. The van der Waals surface area contributed by atoms with Gasteiger partial charge in [0.1, 0.15) is 5.65 Å². The highest BCUT2D eigenvalue weighted by molar-refractivity contribution is 5.80. The van der Waals surface area contributed by atoms with E-state index in [0.717, 1.165) is 18.0 Å². The molecule has 3 heterocycles. The van der Waals surface area contributed by atoms with Gasteiger partial charge >= 0.3 is 0 Å². The van der Waals surface area contributed by atoms with E-state index in [-0.39, 0.29) is 0 Å². The van der Waals surface area contributed by atoms with Gasteiger partial charge in [-0.2, -0.15) is 0 Å². The van der Waals surface area contributed by atoms with Gasteiger partial charge in [0.15, 0.2) is 0 Å². The minimum atomic E-state index is 0.679. The molecule has 0 saturated heterocycles. The summed E-state index contributed by atoms with van der Waals surface area (Å²) < 4.78 is 0. The second-order valence-corrected chi connectivity index (χ2v) is 5.75. The molecule has 2 aromatic heterocycles. The van der Waals surface area contributed by atoms with Crippen LogP contribution in [-0.2, 0) is 6.42 Å². The number of aromatic nitrogens is 2. The Bertz CT molecular complexity index is 524. The highest BCUT2D eigenvalue weighted by Gasteiger charge is 2.29. The average Bonchev–Trinajstić information content (AvgIpc) is 2.70. The predicted octanol–water partition coefficient (Wildman–Crippen LogP) is 3.48. The van der Waals surface area contributed by atoms with Crippen LogP contribution in [0.1, 0.15) is 37.8 Å². The molecule has 2 aromatic rings. The van der Waals surface area contributed by atoms with Crippen LogP contribution in [0, 0.1) is 5.92 Å². The third-order valence-electron chi connectivity index (χ3n) is 4.57. The summed E-state index contributed by atoms with van der Waals surface area (Å²) in [6.07, 6.45) is 9.99. The first-order chi connectivity index (χ1) is 8.90. The van der Waals surface area contributed by atoms with Gasteiger partial charge in [0.05, 0.1) is 11.4 Å². The van der Waals surface area contributed by atoms with E-state index in [2.05, 4.69) is 22.4 Å². The topological polar surface area (TPSA) is 40.7 Å². The van der Waals surface area contributed by atoms with Crippen LogP contribution in [-0.4, -0.2) is 16.0 Å². The molecule has 0 aromatic carbocycles.